The van der Waals surface area contributed by atoms with Crippen molar-refractivity contribution in [3.8, 4) is 17.6 Å². The molecule has 0 bridgehead atoms. The smallest absolute Gasteiger partial charge is 0.205 e. The highest BCUT2D eigenvalue weighted by molar-refractivity contribution is 5.39. The first-order valence-corrected chi connectivity index (χ1v) is 6.87. The third-order valence-corrected chi connectivity index (χ3v) is 2.75. The highest BCUT2D eigenvalue weighted by atomic mass is 16.5. The third-order valence-electron chi connectivity index (χ3n) is 2.75. The molecule has 0 radical (unpaired) electrons. The summed E-state index contributed by atoms with van der Waals surface area (Å²) in [5.41, 5.74) is 2.32. The highest BCUT2D eigenvalue weighted by Crippen LogP contribution is 2.07. The molecule has 2 aromatic rings. The van der Waals surface area contributed by atoms with Gasteiger partial charge >= 0.3 is 0 Å². The van der Waals surface area contributed by atoms with Crippen molar-refractivity contribution in [2.45, 2.75) is 26.7 Å². The van der Waals surface area contributed by atoms with Gasteiger partial charge in [-0.1, -0.05) is 31.4 Å². The summed E-state index contributed by atoms with van der Waals surface area (Å²) in [7, 11) is 0. The predicted molar refractivity (Wildman–Crippen MR) is 79.6 cm³/mol. The minimum atomic E-state index is 0.506. The normalized spacial score (nSPS) is 9.70. The molecule has 0 aliphatic heterocycles. The fraction of sp³-hybridized carbons (Fsp3) is 0.294. The Kier molecular flexibility index (Phi) is 5.14. The molecule has 0 fully saturated rings. The lowest BCUT2D eigenvalue weighted by Gasteiger charge is -1.99. The van der Waals surface area contributed by atoms with Crippen LogP contribution in [0.4, 0.5) is 0 Å². The average Bonchev–Trinajstić information content (AvgIpc) is 2.49. The van der Waals surface area contributed by atoms with Crippen LogP contribution >= 0.6 is 0 Å². The van der Waals surface area contributed by atoms with E-state index in [0.717, 1.165) is 18.4 Å². The van der Waals surface area contributed by atoms with Crippen molar-refractivity contribution in [3.05, 3.63) is 53.6 Å². The Hall–Kier alpha value is -2.34. The van der Waals surface area contributed by atoms with Gasteiger partial charge in [-0.25, -0.2) is 9.97 Å². The summed E-state index contributed by atoms with van der Waals surface area (Å²) < 4.78 is 5.29. The molecule has 0 saturated heterocycles. The molecule has 1 aromatic carbocycles. The Bertz CT molecular complexity index is 538. The summed E-state index contributed by atoms with van der Waals surface area (Å²) in [5, 5.41) is 0. The van der Waals surface area contributed by atoms with E-state index in [1.807, 2.05) is 19.1 Å². The van der Waals surface area contributed by atoms with Crippen molar-refractivity contribution in [1.29, 1.82) is 0 Å². The predicted octanol–water partition coefficient (Wildman–Crippen LogP) is 3.23. The number of hydrogen-bond donors (Lipinski definition) is 0. The van der Waals surface area contributed by atoms with Crippen LogP contribution in [0.3, 0.4) is 0 Å². The second-order valence-electron chi connectivity index (χ2n) is 4.37. The van der Waals surface area contributed by atoms with Crippen LogP contribution in [0.1, 0.15) is 37.2 Å². The van der Waals surface area contributed by atoms with Gasteiger partial charge in [0.25, 0.3) is 0 Å². The Labute approximate surface area is 120 Å². The van der Waals surface area contributed by atoms with Gasteiger partial charge in [0, 0.05) is 5.56 Å². The molecule has 0 aliphatic rings. The molecule has 20 heavy (non-hydrogen) atoms. The Morgan fingerprint density at radius 1 is 1.00 bits per heavy atom. The number of nitrogens with zero attached hydrogens (tertiary/aromatic N) is 2. The van der Waals surface area contributed by atoms with Gasteiger partial charge in [-0.2, -0.15) is 0 Å². The van der Waals surface area contributed by atoms with Crippen LogP contribution in [0.15, 0.2) is 36.7 Å². The molecule has 0 atom stereocenters. The zero-order chi connectivity index (χ0) is 14.2. The van der Waals surface area contributed by atoms with Crippen LogP contribution in [-0.2, 0) is 6.42 Å². The number of aryl methyl sites for hydroxylation is 1. The summed E-state index contributed by atoms with van der Waals surface area (Å²) in [6.45, 7) is 4.71. The van der Waals surface area contributed by atoms with Crippen LogP contribution in [0.2, 0.25) is 0 Å². The topological polar surface area (TPSA) is 35.0 Å². The van der Waals surface area contributed by atoms with Gasteiger partial charge in [0.2, 0.25) is 5.82 Å². The van der Waals surface area contributed by atoms with Crippen LogP contribution < -0.4 is 4.74 Å². The Balaban J connectivity index is 2.05. The molecule has 0 aliphatic carbocycles. The summed E-state index contributed by atoms with van der Waals surface area (Å²) in [5.74, 6) is 7.19. The van der Waals surface area contributed by atoms with Gasteiger partial charge in [-0.15, -0.1) is 0 Å². The number of hydrogen-bond acceptors (Lipinski definition) is 3. The minimum Gasteiger partial charge on any atom is -0.491 e. The SMILES string of the molecule is CCCc1ccc(C#Cc2ncc(OCC)cn2)cc1. The van der Waals surface area contributed by atoms with Crippen molar-refractivity contribution in [3.63, 3.8) is 0 Å². The van der Waals surface area contributed by atoms with Crippen molar-refractivity contribution in [2.75, 3.05) is 6.61 Å². The van der Waals surface area contributed by atoms with E-state index in [1.54, 1.807) is 12.4 Å². The summed E-state index contributed by atoms with van der Waals surface area (Å²) >= 11 is 0. The largest absolute Gasteiger partial charge is 0.491 e. The molecule has 0 spiro atoms. The zero-order valence-electron chi connectivity index (χ0n) is 11.9. The van der Waals surface area contributed by atoms with Crippen LogP contribution in [0, 0.1) is 11.8 Å². The zero-order valence-corrected chi connectivity index (χ0v) is 11.9. The number of benzene rings is 1. The molecule has 1 aromatic heterocycles. The number of rotatable bonds is 4. The van der Waals surface area contributed by atoms with E-state index in [4.69, 9.17) is 4.74 Å². The van der Waals surface area contributed by atoms with Gasteiger partial charge in [0.15, 0.2) is 5.75 Å². The quantitative estimate of drug-likeness (QED) is 0.797. The molecule has 3 heteroatoms. The third kappa shape index (κ3) is 4.10. The van der Waals surface area contributed by atoms with Crippen LogP contribution in [-0.4, -0.2) is 16.6 Å². The maximum Gasteiger partial charge on any atom is 0.205 e. The summed E-state index contributed by atoms with van der Waals surface area (Å²) in [6, 6.07) is 8.30. The lowest BCUT2D eigenvalue weighted by atomic mass is 10.1. The minimum absolute atomic E-state index is 0.506. The molecule has 3 nitrogen and oxygen atoms in total. The number of ether oxygens (including phenoxy) is 1. The monoisotopic (exact) mass is 266 g/mol. The average molecular weight is 266 g/mol. The Morgan fingerprint density at radius 3 is 2.30 bits per heavy atom. The van der Waals surface area contributed by atoms with E-state index in [0.29, 0.717) is 18.2 Å². The first-order chi connectivity index (χ1) is 9.81. The molecule has 0 N–H and O–H groups in total. The van der Waals surface area contributed by atoms with Crippen molar-refractivity contribution >= 4 is 0 Å². The number of aromatic nitrogens is 2. The fourth-order valence-corrected chi connectivity index (χ4v) is 1.79. The van der Waals surface area contributed by atoms with Crippen molar-refractivity contribution < 1.29 is 4.74 Å². The molecular formula is C17H18N2O. The van der Waals surface area contributed by atoms with E-state index in [9.17, 15) is 0 Å². The van der Waals surface area contributed by atoms with Crippen LogP contribution in [0.5, 0.6) is 5.75 Å². The fourth-order valence-electron chi connectivity index (χ4n) is 1.79. The first kappa shape index (κ1) is 14.1. The van der Waals surface area contributed by atoms with E-state index < -0.39 is 0 Å². The van der Waals surface area contributed by atoms with Gasteiger partial charge in [-0.05, 0) is 37.0 Å². The molecule has 1 heterocycles. The lowest BCUT2D eigenvalue weighted by molar-refractivity contribution is 0.337. The van der Waals surface area contributed by atoms with E-state index >= 15 is 0 Å². The maximum absolute atomic E-state index is 5.29. The summed E-state index contributed by atoms with van der Waals surface area (Å²) in [4.78, 5) is 8.30. The van der Waals surface area contributed by atoms with Gasteiger partial charge in [0.1, 0.15) is 0 Å². The van der Waals surface area contributed by atoms with Crippen molar-refractivity contribution in [2.24, 2.45) is 0 Å². The molecule has 0 saturated carbocycles. The summed E-state index contributed by atoms with van der Waals surface area (Å²) in [6.07, 6.45) is 5.55. The first-order valence-electron chi connectivity index (χ1n) is 6.87. The standard InChI is InChI=1S/C17H18N2O/c1-3-5-14-6-8-15(9-7-14)10-11-17-18-12-16(13-19-17)20-4-2/h6-9,12-13H,3-5H2,1-2H3. The molecular weight excluding hydrogens is 248 g/mol. The molecule has 0 amide bonds. The van der Waals surface area contributed by atoms with Gasteiger partial charge in [-0.3, -0.25) is 0 Å². The van der Waals surface area contributed by atoms with E-state index in [1.165, 1.54) is 5.56 Å². The molecule has 2 rings (SSSR count). The molecule has 0 unspecified atom stereocenters. The van der Waals surface area contributed by atoms with Crippen molar-refractivity contribution in [1.82, 2.24) is 9.97 Å². The lowest BCUT2D eigenvalue weighted by Crippen LogP contribution is -1.95. The van der Waals surface area contributed by atoms with Gasteiger partial charge in [0.05, 0.1) is 19.0 Å². The highest BCUT2D eigenvalue weighted by Gasteiger charge is 1.95. The second-order valence-corrected chi connectivity index (χ2v) is 4.37. The second kappa shape index (κ2) is 7.30. The van der Waals surface area contributed by atoms with Crippen LogP contribution in [0.25, 0.3) is 0 Å². The van der Waals surface area contributed by atoms with E-state index in [2.05, 4.69) is 40.9 Å². The van der Waals surface area contributed by atoms with Gasteiger partial charge < -0.3 is 4.74 Å². The van der Waals surface area contributed by atoms with E-state index in [-0.39, 0.29) is 0 Å². The maximum atomic E-state index is 5.29. The Morgan fingerprint density at radius 2 is 1.70 bits per heavy atom. The molecule has 102 valence electrons.